The van der Waals surface area contributed by atoms with Crippen molar-refractivity contribution < 1.29 is 4.39 Å². The molecule has 1 aromatic rings. The van der Waals surface area contributed by atoms with Crippen LogP contribution in [0, 0.1) is 5.82 Å². The van der Waals surface area contributed by atoms with Gasteiger partial charge in [0.1, 0.15) is 5.82 Å². The first kappa shape index (κ1) is 10.4. The number of hydrogen-bond donors (Lipinski definition) is 2. The summed E-state index contributed by atoms with van der Waals surface area (Å²) in [5.74, 6) is 0.159. The van der Waals surface area contributed by atoms with Crippen LogP contribution in [0.2, 0.25) is 0 Å². The highest BCUT2D eigenvalue weighted by Gasteiger charge is 2.31. The number of nitrogens with two attached hydrogens (primary N) is 1. The molecule has 0 aromatic heterocycles. The van der Waals surface area contributed by atoms with Crippen LogP contribution in [-0.2, 0) is 5.54 Å². The minimum absolute atomic E-state index is 0.269. The van der Waals surface area contributed by atoms with E-state index in [1.807, 2.05) is 6.92 Å². The van der Waals surface area contributed by atoms with Crippen molar-refractivity contribution in [2.24, 2.45) is 10.7 Å². The maximum Gasteiger partial charge on any atom is 0.189 e. The number of halogens is 2. The molecule has 0 aliphatic carbocycles. The summed E-state index contributed by atoms with van der Waals surface area (Å²) in [4.78, 5) is 4.09. The normalized spacial score (nSPS) is 24.9. The first-order valence-electron chi connectivity index (χ1n) is 4.55. The van der Waals surface area contributed by atoms with Gasteiger partial charge in [-0.05, 0) is 40.5 Å². The second-order valence-electron chi connectivity index (χ2n) is 3.79. The number of guanidine groups is 1. The summed E-state index contributed by atoms with van der Waals surface area (Å²) in [7, 11) is 0. The molecule has 80 valence electrons. The Bertz CT molecular complexity index is 433. The fraction of sp³-hybridized carbons (Fsp3) is 0.300. The van der Waals surface area contributed by atoms with E-state index in [4.69, 9.17) is 5.73 Å². The van der Waals surface area contributed by atoms with Gasteiger partial charge in [0, 0.05) is 0 Å². The molecule has 1 aromatic carbocycles. The predicted molar refractivity (Wildman–Crippen MR) is 61.1 cm³/mol. The van der Waals surface area contributed by atoms with Crippen molar-refractivity contribution in [1.82, 2.24) is 5.32 Å². The van der Waals surface area contributed by atoms with Crippen molar-refractivity contribution in [3.05, 3.63) is 34.1 Å². The molecule has 15 heavy (non-hydrogen) atoms. The Labute approximate surface area is 95.7 Å². The maximum atomic E-state index is 13.1. The lowest BCUT2D eigenvalue weighted by atomic mass is 9.93. The second kappa shape index (κ2) is 3.48. The zero-order valence-corrected chi connectivity index (χ0v) is 9.81. The molecule has 2 rings (SSSR count). The van der Waals surface area contributed by atoms with Gasteiger partial charge in [-0.15, -0.1) is 0 Å². The number of hydrogen-bond acceptors (Lipinski definition) is 3. The van der Waals surface area contributed by atoms with Crippen molar-refractivity contribution in [1.29, 1.82) is 0 Å². The minimum Gasteiger partial charge on any atom is -0.370 e. The highest BCUT2D eigenvalue weighted by Crippen LogP contribution is 2.27. The van der Waals surface area contributed by atoms with Gasteiger partial charge < -0.3 is 11.1 Å². The Kier molecular flexibility index (Phi) is 2.42. The number of nitrogens with one attached hydrogen (secondary N) is 1. The van der Waals surface area contributed by atoms with E-state index in [0.717, 1.165) is 5.56 Å². The molecular formula is C10H11BrFN3. The summed E-state index contributed by atoms with van der Waals surface area (Å²) in [6.07, 6.45) is 0. The molecule has 1 heterocycles. The van der Waals surface area contributed by atoms with Gasteiger partial charge >= 0.3 is 0 Å². The summed E-state index contributed by atoms with van der Waals surface area (Å²) < 4.78 is 13.5. The fourth-order valence-electron chi connectivity index (χ4n) is 1.61. The quantitative estimate of drug-likeness (QED) is 0.817. The smallest absolute Gasteiger partial charge is 0.189 e. The number of nitrogens with zero attached hydrogens (tertiary/aromatic N) is 1. The van der Waals surface area contributed by atoms with E-state index in [-0.39, 0.29) is 11.4 Å². The van der Waals surface area contributed by atoms with Gasteiger partial charge in [-0.25, -0.2) is 4.39 Å². The number of benzene rings is 1. The molecule has 0 radical (unpaired) electrons. The van der Waals surface area contributed by atoms with Gasteiger partial charge in [0.2, 0.25) is 0 Å². The molecule has 0 spiro atoms. The Balaban J connectivity index is 2.34. The molecular weight excluding hydrogens is 261 g/mol. The molecule has 1 atom stereocenters. The van der Waals surface area contributed by atoms with Crippen LogP contribution >= 0.6 is 15.9 Å². The Morgan fingerprint density at radius 2 is 2.33 bits per heavy atom. The van der Waals surface area contributed by atoms with E-state index in [2.05, 4.69) is 26.2 Å². The number of rotatable bonds is 1. The Morgan fingerprint density at radius 1 is 1.60 bits per heavy atom. The van der Waals surface area contributed by atoms with Crippen LogP contribution in [0.15, 0.2) is 27.7 Å². The molecule has 3 N–H and O–H groups in total. The van der Waals surface area contributed by atoms with Crippen molar-refractivity contribution in [3.63, 3.8) is 0 Å². The molecule has 3 nitrogen and oxygen atoms in total. The lowest BCUT2D eigenvalue weighted by molar-refractivity contribution is 0.478. The molecule has 0 bridgehead atoms. The topological polar surface area (TPSA) is 50.4 Å². The average Bonchev–Trinajstić information content (AvgIpc) is 2.52. The minimum atomic E-state index is -0.333. The maximum absolute atomic E-state index is 13.1. The summed E-state index contributed by atoms with van der Waals surface area (Å²) in [6.45, 7) is 2.55. The van der Waals surface area contributed by atoms with Gasteiger partial charge in [0.05, 0.1) is 16.6 Å². The zero-order chi connectivity index (χ0) is 11.1. The molecule has 0 fully saturated rings. The van der Waals surface area contributed by atoms with E-state index in [9.17, 15) is 4.39 Å². The average molecular weight is 272 g/mol. The van der Waals surface area contributed by atoms with Crippen molar-refractivity contribution in [3.8, 4) is 0 Å². The van der Waals surface area contributed by atoms with Gasteiger partial charge in [-0.2, -0.15) is 0 Å². The predicted octanol–water partition coefficient (Wildman–Crippen LogP) is 1.72. The van der Waals surface area contributed by atoms with E-state index >= 15 is 0 Å². The third-order valence-electron chi connectivity index (χ3n) is 2.53. The molecule has 0 saturated heterocycles. The molecule has 0 saturated carbocycles. The standard InChI is InChI=1S/C10H11BrFN3/c1-10(5-14-9(13)15-10)6-2-3-8(12)7(11)4-6/h2-4H,5H2,1H3,(H3,13,14,15). The zero-order valence-electron chi connectivity index (χ0n) is 8.22. The monoisotopic (exact) mass is 271 g/mol. The highest BCUT2D eigenvalue weighted by molar-refractivity contribution is 9.10. The third-order valence-corrected chi connectivity index (χ3v) is 3.13. The highest BCUT2D eigenvalue weighted by atomic mass is 79.9. The lowest BCUT2D eigenvalue weighted by Crippen LogP contribution is -2.42. The van der Waals surface area contributed by atoms with Crippen LogP contribution in [0.3, 0.4) is 0 Å². The fourth-order valence-corrected chi connectivity index (χ4v) is 1.99. The SMILES string of the molecule is CC1(c2ccc(F)c(Br)c2)CN=C(N)N1. The van der Waals surface area contributed by atoms with Crippen LogP contribution in [0.4, 0.5) is 4.39 Å². The summed E-state index contributed by atoms with van der Waals surface area (Å²) in [5, 5.41) is 3.08. The van der Waals surface area contributed by atoms with Crippen LogP contribution < -0.4 is 11.1 Å². The Hall–Kier alpha value is -1.10. The van der Waals surface area contributed by atoms with Crippen molar-refractivity contribution >= 4 is 21.9 Å². The third kappa shape index (κ3) is 1.84. The summed E-state index contributed by atoms with van der Waals surface area (Å²) in [6, 6.07) is 4.92. The van der Waals surface area contributed by atoms with Gasteiger partial charge in [0.25, 0.3) is 0 Å². The van der Waals surface area contributed by atoms with E-state index in [1.165, 1.54) is 6.07 Å². The molecule has 1 aliphatic rings. The van der Waals surface area contributed by atoms with Crippen LogP contribution in [0.1, 0.15) is 12.5 Å². The van der Waals surface area contributed by atoms with Crippen LogP contribution in [0.5, 0.6) is 0 Å². The lowest BCUT2D eigenvalue weighted by Gasteiger charge is -2.24. The van der Waals surface area contributed by atoms with Crippen LogP contribution in [0.25, 0.3) is 0 Å². The van der Waals surface area contributed by atoms with Crippen LogP contribution in [-0.4, -0.2) is 12.5 Å². The largest absolute Gasteiger partial charge is 0.370 e. The molecule has 5 heteroatoms. The molecule has 1 unspecified atom stereocenters. The Morgan fingerprint density at radius 3 is 2.87 bits per heavy atom. The molecule has 1 aliphatic heterocycles. The second-order valence-corrected chi connectivity index (χ2v) is 4.64. The van der Waals surface area contributed by atoms with Crippen molar-refractivity contribution in [2.75, 3.05) is 6.54 Å². The summed E-state index contributed by atoms with van der Waals surface area (Å²) >= 11 is 3.16. The van der Waals surface area contributed by atoms with Gasteiger partial charge in [-0.1, -0.05) is 6.07 Å². The van der Waals surface area contributed by atoms with E-state index in [1.54, 1.807) is 12.1 Å². The first-order chi connectivity index (χ1) is 7.01. The van der Waals surface area contributed by atoms with Gasteiger partial charge in [0.15, 0.2) is 5.96 Å². The van der Waals surface area contributed by atoms with Crippen molar-refractivity contribution in [2.45, 2.75) is 12.5 Å². The molecule has 0 amide bonds. The van der Waals surface area contributed by atoms with E-state index < -0.39 is 0 Å². The number of aliphatic imine (C=N–C) groups is 1. The summed E-state index contributed by atoms with van der Waals surface area (Å²) in [5.41, 5.74) is 6.19. The van der Waals surface area contributed by atoms with E-state index in [0.29, 0.717) is 17.0 Å². The first-order valence-corrected chi connectivity index (χ1v) is 5.34. The van der Waals surface area contributed by atoms with Gasteiger partial charge in [-0.3, -0.25) is 4.99 Å².